The van der Waals surface area contributed by atoms with Gasteiger partial charge in [0.15, 0.2) is 0 Å². The molecule has 3 nitrogen and oxygen atoms in total. The van der Waals surface area contributed by atoms with Crippen LogP contribution < -0.4 is 11.1 Å². The molecule has 17 heavy (non-hydrogen) atoms. The molecule has 1 aliphatic carbocycles. The molecule has 1 rings (SSSR count). The summed E-state index contributed by atoms with van der Waals surface area (Å²) in [6, 6.07) is 0.348. The van der Waals surface area contributed by atoms with E-state index in [1.165, 1.54) is 12.8 Å². The Morgan fingerprint density at radius 1 is 1.47 bits per heavy atom. The van der Waals surface area contributed by atoms with Crippen LogP contribution in [0.2, 0.25) is 0 Å². The molecule has 1 amide bonds. The van der Waals surface area contributed by atoms with Crippen molar-refractivity contribution in [2.45, 2.75) is 63.8 Å². The van der Waals surface area contributed by atoms with Crippen molar-refractivity contribution in [3.8, 4) is 0 Å². The van der Waals surface area contributed by atoms with E-state index < -0.39 is 0 Å². The zero-order chi connectivity index (χ0) is 12.8. The summed E-state index contributed by atoms with van der Waals surface area (Å²) in [7, 11) is 0. The Balaban J connectivity index is 2.34. The van der Waals surface area contributed by atoms with Gasteiger partial charge >= 0.3 is 0 Å². The van der Waals surface area contributed by atoms with E-state index in [0.29, 0.717) is 23.6 Å². The van der Waals surface area contributed by atoms with Gasteiger partial charge in [-0.15, -0.1) is 0 Å². The number of carbonyl (C=O) groups is 1. The lowest BCUT2D eigenvalue weighted by Gasteiger charge is -2.22. The van der Waals surface area contributed by atoms with Gasteiger partial charge in [0.05, 0.1) is 0 Å². The second kappa shape index (κ2) is 7.27. The zero-order valence-electron chi connectivity index (χ0n) is 11.2. The number of nitrogens with two attached hydrogens (primary N) is 1. The molecule has 0 aromatic rings. The van der Waals surface area contributed by atoms with Crippen LogP contribution in [-0.4, -0.2) is 29.0 Å². The van der Waals surface area contributed by atoms with Crippen LogP contribution in [0.1, 0.15) is 46.5 Å². The fourth-order valence-electron chi connectivity index (χ4n) is 2.22. The van der Waals surface area contributed by atoms with Crippen LogP contribution in [-0.2, 0) is 4.79 Å². The van der Waals surface area contributed by atoms with E-state index in [2.05, 4.69) is 26.1 Å². The number of amides is 1. The fraction of sp³-hybridized carbons (Fsp3) is 0.923. The van der Waals surface area contributed by atoms with Gasteiger partial charge < -0.3 is 11.1 Å². The molecule has 3 atom stereocenters. The molecule has 3 N–H and O–H groups in total. The SMILES string of the molecule is CCSC1CCCC1NC(=O)CC(N)C(C)C. The largest absolute Gasteiger partial charge is 0.352 e. The summed E-state index contributed by atoms with van der Waals surface area (Å²) in [6.07, 6.45) is 4.05. The summed E-state index contributed by atoms with van der Waals surface area (Å²) >= 11 is 1.97. The summed E-state index contributed by atoms with van der Waals surface area (Å²) in [6.45, 7) is 6.29. The molecule has 0 spiro atoms. The molecule has 1 fully saturated rings. The number of nitrogens with one attached hydrogen (secondary N) is 1. The highest BCUT2D eigenvalue weighted by Gasteiger charge is 2.28. The highest BCUT2D eigenvalue weighted by atomic mass is 32.2. The fourth-order valence-corrected chi connectivity index (χ4v) is 3.42. The summed E-state index contributed by atoms with van der Waals surface area (Å²) in [5, 5.41) is 3.77. The van der Waals surface area contributed by atoms with Crippen molar-refractivity contribution in [3.63, 3.8) is 0 Å². The Hall–Kier alpha value is -0.220. The van der Waals surface area contributed by atoms with Crippen LogP contribution in [0.25, 0.3) is 0 Å². The first-order valence-corrected chi connectivity index (χ1v) is 7.76. The van der Waals surface area contributed by atoms with Crippen molar-refractivity contribution in [1.82, 2.24) is 5.32 Å². The summed E-state index contributed by atoms with van der Waals surface area (Å²) in [5.41, 5.74) is 5.92. The third kappa shape index (κ3) is 4.88. The molecule has 0 aliphatic heterocycles. The van der Waals surface area contributed by atoms with Crippen molar-refractivity contribution in [3.05, 3.63) is 0 Å². The number of hydrogen-bond donors (Lipinski definition) is 2. The van der Waals surface area contributed by atoms with E-state index in [9.17, 15) is 4.79 Å². The van der Waals surface area contributed by atoms with Gasteiger partial charge in [-0.25, -0.2) is 0 Å². The molecule has 3 unspecified atom stereocenters. The van der Waals surface area contributed by atoms with Gasteiger partial charge in [-0.3, -0.25) is 4.79 Å². The number of thioether (sulfide) groups is 1. The number of hydrogen-bond acceptors (Lipinski definition) is 3. The van der Waals surface area contributed by atoms with Gasteiger partial charge in [0.25, 0.3) is 0 Å². The van der Waals surface area contributed by atoms with Crippen molar-refractivity contribution in [1.29, 1.82) is 0 Å². The quantitative estimate of drug-likeness (QED) is 0.767. The Bertz CT molecular complexity index is 246. The maximum absolute atomic E-state index is 11.9. The predicted molar refractivity (Wildman–Crippen MR) is 75.1 cm³/mol. The molecule has 0 bridgehead atoms. The molecule has 0 saturated heterocycles. The first-order valence-electron chi connectivity index (χ1n) is 6.71. The maximum atomic E-state index is 11.9. The lowest BCUT2D eigenvalue weighted by Crippen LogP contribution is -2.42. The molecule has 0 aromatic carbocycles. The van der Waals surface area contributed by atoms with Crippen molar-refractivity contribution in [2.75, 3.05) is 5.75 Å². The topological polar surface area (TPSA) is 55.1 Å². The van der Waals surface area contributed by atoms with Gasteiger partial charge in [0.1, 0.15) is 0 Å². The second-order valence-corrected chi connectivity index (χ2v) is 6.73. The second-order valence-electron chi connectivity index (χ2n) is 5.21. The van der Waals surface area contributed by atoms with E-state index in [1.807, 2.05) is 11.8 Å². The summed E-state index contributed by atoms with van der Waals surface area (Å²) in [4.78, 5) is 11.9. The van der Waals surface area contributed by atoms with Gasteiger partial charge in [0, 0.05) is 23.8 Å². The van der Waals surface area contributed by atoms with Crippen LogP contribution in [0.4, 0.5) is 0 Å². The van der Waals surface area contributed by atoms with Crippen LogP contribution in [0, 0.1) is 5.92 Å². The zero-order valence-corrected chi connectivity index (χ0v) is 12.1. The minimum absolute atomic E-state index is 0.0197. The van der Waals surface area contributed by atoms with Gasteiger partial charge in [-0.1, -0.05) is 27.2 Å². The van der Waals surface area contributed by atoms with E-state index >= 15 is 0 Å². The van der Waals surface area contributed by atoms with Crippen molar-refractivity contribution < 1.29 is 4.79 Å². The van der Waals surface area contributed by atoms with Crippen LogP contribution >= 0.6 is 11.8 Å². The first kappa shape index (κ1) is 14.8. The predicted octanol–water partition coefficient (Wildman–Crippen LogP) is 2.15. The van der Waals surface area contributed by atoms with Crippen LogP contribution in [0.3, 0.4) is 0 Å². The van der Waals surface area contributed by atoms with Crippen molar-refractivity contribution in [2.24, 2.45) is 11.7 Å². The summed E-state index contributed by atoms with van der Waals surface area (Å²) < 4.78 is 0. The lowest BCUT2D eigenvalue weighted by molar-refractivity contribution is -0.122. The van der Waals surface area contributed by atoms with Gasteiger partial charge in [-0.2, -0.15) is 11.8 Å². The smallest absolute Gasteiger partial charge is 0.221 e. The molecule has 1 saturated carbocycles. The van der Waals surface area contributed by atoms with E-state index in [-0.39, 0.29) is 11.9 Å². The van der Waals surface area contributed by atoms with Crippen molar-refractivity contribution >= 4 is 17.7 Å². The molecule has 1 aliphatic rings. The monoisotopic (exact) mass is 258 g/mol. The highest BCUT2D eigenvalue weighted by Crippen LogP contribution is 2.29. The normalized spacial score (nSPS) is 26.2. The Labute approximate surface area is 109 Å². The number of carbonyl (C=O) groups excluding carboxylic acids is 1. The van der Waals surface area contributed by atoms with Crippen LogP contribution in [0.5, 0.6) is 0 Å². The molecule has 0 aromatic heterocycles. The molecule has 100 valence electrons. The Kier molecular flexibility index (Phi) is 6.34. The average Bonchev–Trinajstić information content (AvgIpc) is 2.66. The molecule has 4 heteroatoms. The minimum Gasteiger partial charge on any atom is -0.352 e. The maximum Gasteiger partial charge on any atom is 0.221 e. The Morgan fingerprint density at radius 3 is 2.76 bits per heavy atom. The average molecular weight is 258 g/mol. The minimum atomic E-state index is -0.0197. The molecule has 0 heterocycles. The van der Waals surface area contributed by atoms with Gasteiger partial charge in [0.2, 0.25) is 5.91 Å². The van der Waals surface area contributed by atoms with E-state index in [1.54, 1.807) is 0 Å². The summed E-state index contributed by atoms with van der Waals surface area (Å²) in [5.74, 6) is 1.62. The van der Waals surface area contributed by atoms with E-state index in [4.69, 9.17) is 5.73 Å². The third-order valence-corrected chi connectivity index (χ3v) is 4.78. The molecule has 0 radical (unpaired) electrons. The third-order valence-electron chi connectivity index (χ3n) is 3.46. The van der Waals surface area contributed by atoms with E-state index in [0.717, 1.165) is 12.2 Å². The highest BCUT2D eigenvalue weighted by molar-refractivity contribution is 7.99. The molecular weight excluding hydrogens is 232 g/mol. The lowest BCUT2D eigenvalue weighted by atomic mass is 10.0. The van der Waals surface area contributed by atoms with Crippen LogP contribution in [0.15, 0.2) is 0 Å². The standard InChI is InChI=1S/C13H26N2OS/c1-4-17-12-7-5-6-11(12)15-13(16)8-10(14)9(2)3/h9-12H,4-8,14H2,1-3H3,(H,15,16). The first-order chi connectivity index (χ1) is 8.04. The Morgan fingerprint density at radius 2 is 2.18 bits per heavy atom. The number of rotatable bonds is 6. The van der Waals surface area contributed by atoms with Gasteiger partial charge in [-0.05, 0) is 24.5 Å². The molecular formula is C13H26N2OS.